The molecule has 0 aliphatic heterocycles. The van der Waals surface area contributed by atoms with Gasteiger partial charge < -0.3 is 18.9 Å². The summed E-state index contributed by atoms with van der Waals surface area (Å²) >= 11 is 0. The summed E-state index contributed by atoms with van der Waals surface area (Å²) in [5.41, 5.74) is 2.45. The average Bonchev–Trinajstić information content (AvgIpc) is 2.87. The van der Waals surface area contributed by atoms with Crippen molar-refractivity contribution in [2.24, 2.45) is 0 Å². The molecule has 0 heterocycles. The van der Waals surface area contributed by atoms with Gasteiger partial charge in [-0.2, -0.15) is 0 Å². The third-order valence-corrected chi connectivity index (χ3v) is 5.05. The Morgan fingerprint density at radius 3 is 1.19 bits per heavy atom. The third kappa shape index (κ3) is 6.71. The zero-order valence-electron chi connectivity index (χ0n) is 18.3. The molecule has 0 aromatic heterocycles. The second kappa shape index (κ2) is 13.8. The Labute approximate surface area is 189 Å². The minimum atomic E-state index is -0.739. The van der Waals surface area contributed by atoms with E-state index in [2.05, 4.69) is 36.4 Å². The van der Waals surface area contributed by atoms with E-state index in [0.717, 1.165) is 16.7 Å². The van der Waals surface area contributed by atoms with Gasteiger partial charge in [0.2, 0.25) is 0 Å². The second-order valence-electron chi connectivity index (χ2n) is 7.15. The van der Waals surface area contributed by atoms with Crippen LogP contribution in [0, 0.1) is 0 Å². The lowest BCUT2D eigenvalue weighted by Gasteiger charge is -2.36. The van der Waals surface area contributed by atoms with Crippen LogP contribution in [0.2, 0.25) is 0 Å². The predicted molar refractivity (Wildman–Crippen MR) is 124 cm³/mol. The standard InChI is InChI=1S/C27H31FO4/c28-16-17-29-18-19-30-20-21-31-22-23-32-27(24-10-4-1-5-11-24,25-12-6-2-7-13-25)26-14-8-3-9-15-26/h1-15H,16-23H2. The van der Waals surface area contributed by atoms with Gasteiger partial charge in [-0.05, 0) is 16.7 Å². The molecular formula is C27H31FO4. The van der Waals surface area contributed by atoms with E-state index in [0.29, 0.717) is 39.6 Å². The monoisotopic (exact) mass is 438 g/mol. The Hall–Kier alpha value is -2.57. The molecule has 0 radical (unpaired) electrons. The van der Waals surface area contributed by atoms with E-state index in [1.54, 1.807) is 0 Å². The Morgan fingerprint density at radius 2 is 0.812 bits per heavy atom. The summed E-state index contributed by atoms with van der Waals surface area (Å²) in [6.07, 6.45) is 0. The smallest absolute Gasteiger partial charge is 0.143 e. The first-order chi connectivity index (χ1) is 15.9. The minimum Gasteiger partial charge on any atom is -0.377 e. The summed E-state index contributed by atoms with van der Waals surface area (Å²) in [6, 6.07) is 30.8. The summed E-state index contributed by atoms with van der Waals surface area (Å²) in [4.78, 5) is 0. The zero-order valence-corrected chi connectivity index (χ0v) is 18.3. The van der Waals surface area contributed by atoms with E-state index in [9.17, 15) is 4.39 Å². The van der Waals surface area contributed by atoms with Crippen molar-refractivity contribution in [1.82, 2.24) is 0 Å². The van der Waals surface area contributed by atoms with Gasteiger partial charge in [0, 0.05) is 0 Å². The van der Waals surface area contributed by atoms with Crippen molar-refractivity contribution in [2.45, 2.75) is 5.60 Å². The number of ether oxygens (including phenoxy) is 4. The fourth-order valence-corrected chi connectivity index (χ4v) is 3.62. The quantitative estimate of drug-likeness (QED) is 0.247. The van der Waals surface area contributed by atoms with Gasteiger partial charge >= 0.3 is 0 Å². The molecule has 0 unspecified atom stereocenters. The molecule has 0 bridgehead atoms. The lowest BCUT2D eigenvalue weighted by molar-refractivity contribution is -0.0370. The van der Waals surface area contributed by atoms with Gasteiger partial charge in [0.1, 0.15) is 12.3 Å². The largest absolute Gasteiger partial charge is 0.377 e. The molecule has 170 valence electrons. The Kier molecular flexibility index (Phi) is 10.4. The van der Waals surface area contributed by atoms with Crippen molar-refractivity contribution in [3.63, 3.8) is 0 Å². The molecule has 4 nitrogen and oxygen atoms in total. The lowest BCUT2D eigenvalue weighted by Crippen LogP contribution is -2.34. The van der Waals surface area contributed by atoms with Crippen molar-refractivity contribution in [1.29, 1.82) is 0 Å². The molecule has 0 fully saturated rings. The highest BCUT2D eigenvalue weighted by atomic mass is 19.1. The minimum absolute atomic E-state index is 0.114. The maximum absolute atomic E-state index is 12.0. The topological polar surface area (TPSA) is 36.9 Å². The van der Waals surface area contributed by atoms with Crippen LogP contribution in [0.1, 0.15) is 16.7 Å². The zero-order chi connectivity index (χ0) is 22.3. The Bertz CT molecular complexity index is 762. The summed E-state index contributed by atoms with van der Waals surface area (Å²) in [6.45, 7) is 2.23. The van der Waals surface area contributed by atoms with Crippen LogP contribution in [-0.2, 0) is 24.5 Å². The number of benzene rings is 3. The van der Waals surface area contributed by atoms with Crippen molar-refractivity contribution in [2.75, 3.05) is 52.9 Å². The van der Waals surface area contributed by atoms with Gasteiger partial charge in [0.05, 0.1) is 46.2 Å². The summed E-state index contributed by atoms with van der Waals surface area (Å²) < 4.78 is 34.8. The molecule has 3 rings (SSSR count). The van der Waals surface area contributed by atoms with Crippen LogP contribution in [0.5, 0.6) is 0 Å². The van der Waals surface area contributed by atoms with E-state index >= 15 is 0 Å². The Morgan fingerprint density at radius 1 is 0.469 bits per heavy atom. The van der Waals surface area contributed by atoms with E-state index in [-0.39, 0.29) is 6.61 Å². The first-order valence-corrected chi connectivity index (χ1v) is 11.0. The van der Waals surface area contributed by atoms with Crippen LogP contribution < -0.4 is 0 Å². The summed E-state index contributed by atoms with van der Waals surface area (Å²) in [5, 5.41) is 0. The van der Waals surface area contributed by atoms with Crippen LogP contribution in [-0.4, -0.2) is 52.9 Å². The third-order valence-electron chi connectivity index (χ3n) is 5.05. The summed E-state index contributed by atoms with van der Waals surface area (Å²) in [5.74, 6) is 0. The van der Waals surface area contributed by atoms with Crippen LogP contribution in [0.25, 0.3) is 0 Å². The van der Waals surface area contributed by atoms with Gasteiger partial charge in [-0.3, -0.25) is 0 Å². The molecule has 3 aromatic rings. The van der Waals surface area contributed by atoms with Crippen molar-refractivity contribution >= 4 is 0 Å². The number of hydrogen-bond acceptors (Lipinski definition) is 4. The van der Waals surface area contributed by atoms with Crippen LogP contribution in [0.4, 0.5) is 4.39 Å². The van der Waals surface area contributed by atoms with Crippen molar-refractivity contribution in [3.8, 4) is 0 Å². The summed E-state index contributed by atoms with van der Waals surface area (Å²) in [7, 11) is 0. The molecular weight excluding hydrogens is 407 g/mol. The molecule has 0 spiro atoms. The molecule has 0 N–H and O–H groups in total. The SMILES string of the molecule is FCCOCCOCCOCCOC(c1ccccc1)(c1ccccc1)c1ccccc1. The van der Waals surface area contributed by atoms with Crippen LogP contribution >= 0.6 is 0 Å². The molecule has 5 heteroatoms. The second-order valence-corrected chi connectivity index (χ2v) is 7.15. The van der Waals surface area contributed by atoms with Gasteiger partial charge in [-0.25, -0.2) is 4.39 Å². The average molecular weight is 439 g/mol. The molecule has 0 saturated heterocycles. The molecule has 3 aromatic carbocycles. The van der Waals surface area contributed by atoms with Crippen LogP contribution in [0.15, 0.2) is 91.0 Å². The van der Waals surface area contributed by atoms with Crippen LogP contribution in [0.3, 0.4) is 0 Å². The molecule has 32 heavy (non-hydrogen) atoms. The number of hydrogen-bond donors (Lipinski definition) is 0. The molecule has 0 aliphatic rings. The fourth-order valence-electron chi connectivity index (χ4n) is 3.62. The first kappa shape index (κ1) is 24.1. The maximum Gasteiger partial charge on any atom is 0.143 e. The van der Waals surface area contributed by atoms with Gasteiger partial charge in [0.15, 0.2) is 0 Å². The van der Waals surface area contributed by atoms with Gasteiger partial charge in [-0.1, -0.05) is 91.0 Å². The van der Waals surface area contributed by atoms with Gasteiger partial charge in [0.25, 0.3) is 0 Å². The molecule has 0 aliphatic carbocycles. The van der Waals surface area contributed by atoms with E-state index in [4.69, 9.17) is 18.9 Å². The predicted octanol–water partition coefficient (Wildman–Crippen LogP) is 5.01. The lowest BCUT2D eigenvalue weighted by atomic mass is 9.80. The highest BCUT2D eigenvalue weighted by molar-refractivity contribution is 5.47. The first-order valence-electron chi connectivity index (χ1n) is 11.0. The van der Waals surface area contributed by atoms with Crippen molar-refractivity contribution < 1.29 is 23.3 Å². The fraction of sp³-hybridized carbons (Fsp3) is 0.333. The normalized spacial score (nSPS) is 11.5. The Balaban J connectivity index is 1.64. The van der Waals surface area contributed by atoms with Crippen molar-refractivity contribution in [3.05, 3.63) is 108 Å². The highest BCUT2D eigenvalue weighted by Gasteiger charge is 2.37. The highest BCUT2D eigenvalue weighted by Crippen LogP contribution is 2.40. The number of rotatable bonds is 15. The molecule has 0 amide bonds. The van der Waals surface area contributed by atoms with E-state index in [1.165, 1.54) is 0 Å². The van der Waals surface area contributed by atoms with E-state index in [1.807, 2.05) is 54.6 Å². The molecule has 0 atom stereocenters. The molecule has 0 saturated carbocycles. The van der Waals surface area contributed by atoms with E-state index < -0.39 is 12.3 Å². The number of alkyl halides is 1. The van der Waals surface area contributed by atoms with Gasteiger partial charge in [-0.15, -0.1) is 0 Å². The maximum atomic E-state index is 12.0. The number of halogens is 1.